The molecule has 2 aromatic carbocycles. The monoisotopic (exact) mass is 464 g/mol. The first-order chi connectivity index (χ1) is 15.4. The number of hydroxylamine groups is 2. The highest BCUT2D eigenvalue weighted by Crippen LogP contribution is 2.42. The lowest BCUT2D eigenvalue weighted by Gasteiger charge is -2.32. The lowest BCUT2D eigenvalue weighted by Crippen LogP contribution is -2.50. The van der Waals surface area contributed by atoms with Gasteiger partial charge in [-0.05, 0) is 49.4 Å². The number of nitrogens with zero attached hydrogens (tertiary/aromatic N) is 1. The van der Waals surface area contributed by atoms with E-state index in [4.69, 9.17) is 5.73 Å². The zero-order valence-electron chi connectivity index (χ0n) is 18.4. The quantitative estimate of drug-likeness (QED) is 0.404. The Labute approximate surface area is 189 Å². The van der Waals surface area contributed by atoms with Crippen molar-refractivity contribution in [3.8, 4) is 11.5 Å². The van der Waals surface area contributed by atoms with E-state index in [-0.39, 0.29) is 17.1 Å². The Morgan fingerprint density at radius 1 is 1.12 bits per heavy atom. The molecular formula is C23H26F2N2O6. The van der Waals surface area contributed by atoms with Gasteiger partial charge in [-0.2, -0.15) is 0 Å². The second-order valence-electron chi connectivity index (χ2n) is 8.29. The third-order valence-electron chi connectivity index (χ3n) is 5.71. The summed E-state index contributed by atoms with van der Waals surface area (Å²) in [5.41, 5.74) is 8.03. The van der Waals surface area contributed by atoms with Gasteiger partial charge in [-0.15, -0.1) is 8.78 Å². The van der Waals surface area contributed by atoms with Gasteiger partial charge in [-0.25, -0.2) is 5.06 Å². The van der Waals surface area contributed by atoms with Gasteiger partial charge in [0.05, 0.1) is 12.0 Å². The average molecular weight is 464 g/mol. The van der Waals surface area contributed by atoms with Crippen LogP contribution < -0.4 is 15.2 Å². The van der Waals surface area contributed by atoms with Crippen molar-refractivity contribution >= 4 is 11.9 Å². The molecule has 0 aliphatic carbocycles. The Morgan fingerprint density at radius 3 is 2.42 bits per heavy atom. The number of fused-ring (bicyclic) bond motifs is 1. The second kappa shape index (κ2) is 9.32. The molecular weight excluding hydrogens is 438 g/mol. The molecule has 3 unspecified atom stereocenters. The molecule has 33 heavy (non-hydrogen) atoms. The number of benzene rings is 2. The molecule has 0 fully saturated rings. The number of hydrogen-bond acceptors (Lipinski definition) is 6. The number of nitrogens with two attached hydrogens (primary N) is 1. The van der Waals surface area contributed by atoms with Crippen LogP contribution in [0.25, 0.3) is 0 Å². The fraction of sp³-hybridized carbons (Fsp3) is 0.391. The number of aryl methyl sites for hydroxylation is 1. The predicted octanol–water partition coefficient (Wildman–Crippen LogP) is 3.50. The number of hydrogen-bond donors (Lipinski definition) is 3. The SMILES string of the molecule is Cc1cccc(CC(C)[C@@H](C(=O)N(O)C(C)c2ccc3c(c2)OC(F)(F)O3)C(N)C(=O)O)c1. The minimum Gasteiger partial charge on any atom is -0.480 e. The smallest absolute Gasteiger partial charge is 0.480 e. The highest BCUT2D eigenvalue weighted by molar-refractivity contribution is 5.86. The summed E-state index contributed by atoms with van der Waals surface area (Å²) in [6, 6.07) is 8.84. The number of alkyl halides is 2. The Bertz CT molecular complexity index is 1050. The first kappa shape index (κ1) is 24.4. The third kappa shape index (κ3) is 5.40. The van der Waals surface area contributed by atoms with Gasteiger partial charge in [0, 0.05) is 0 Å². The molecule has 1 aliphatic heterocycles. The third-order valence-corrected chi connectivity index (χ3v) is 5.71. The molecule has 0 saturated heterocycles. The van der Waals surface area contributed by atoms with Crippen LogP contribution in [0.3, 0.4) is 0 Å². The Balaban J connectivity index is 1.82. The normalized spacial score (nSPS) is 17.7. The van der Waals surface area contributed by atoms with Gasteiger partial charge in [0.25, 0.3) is 5.91 Å². The maximum absolute atomic E-state index is 13.3. The average Bonchev–Trinajstić information content (AvgIpc) is 3.05. The van der Waals surface area contributed by atoms with Gasteiger partial charge in [0.1, 0.15) is 6.04 Å². The van der Waals surface area contributed by atoms with Crippen molar-refractivity contribution < 1.29 is 38.2 Å². The van der Waals surface area contributed by atoms with E-state index >= 15 is 0 Å². The van der Waals surface area contributed by atoms with Crippen molar-refractivity contribution in [1.82, 2.24) is 5.06 Å². The summed E-state index contributed by atoms with van der Waals surface area (Å²) < 4.78 is 35.4. The van der Waals surface area contributed by atoms with Gasteiger partial charge in [-0.1, -0.05) is 42.8 Å². The number of aliphatic carboxylic acids is 1. The number of carboxylic acid groups (broad SMARTS) is 1. The van der Waals surface area contributed by atoms with Crippen LogP contribution in [0.2, 0.25) is 0 Å². The van der Waals surface area contributed by atoms with Crippen molar-refractivity contribution in [2.45, 2.75) is 45.6 Å². The highest BCUT2D eigenvalue weighted by Gasteiger charge is 2.44. The van der Waals surface area contributed by atoms with Crippen LogP contribution in [0.15, 0.2) is 42.5 Å². The minimum absolute atomic E-state index is 0.177. The van der Waals surface area contributed by atoms with E-state index in [1.54, 1.807) is 6.92 Å². The van der Waals surface area contributed by atoms with E-state index in [0.29, 0.717) is 11.5 Å². The highest BCUT2D eigenvalue weighted by atomic mass is 19.3. The Kier molecular flexibility index (Phi) is 6.89. The summed E-state index contributed by atoms with van der Waals surface area (Å²) in [5, 5.41) is 20.5. The second-order valence-corrected chi connectivity index (χ2v) is 8.29. The Hall–Kier alpha value is -3.24. The van der Waals surface area contributed by atoms with Crippen molar-refractivity contribution in [2.75, 3.05) is 0 Å². The van der Waals surface area contributed by atoms with E-state index in [0.717, 1.165) is 11.1 Å². The summed E-state index contributed by atoms with van der Waals surface area (Å²) >= 11 is 0. The number of carboxylic acids is 1. The van der Waals surface area contributed by atoms with Crippen molar-refractivity contribution in [1.29, 1.82) is 0 Å². The fourth-order valence-electron chi connectivity index (χ4n) is 3.95. The van der Waals surface area contributed by atoms with Crippen LogP contribution >= 0.6 is 0 Å². The van der Waals surface area contributed by atoms with Crippen molar-refractivity contribution in [3.63, 3.8) is 0 Å². The number of carbonyl (C=O) groups is 2. The molecule has 0 saturated carbocycles. The maximum atomic E-state index is 13.3. The number of rotatable bonds is 8. The molecule has 3 rings (SSSR count). The predicted molar refractivity (Wildman–Crippen MR) is 113 cm³/mol. The van der Waals surface area contributed by atoms with Crippen LogP contribution in [0.1, 0.15) is 36.6 Å². The number of amides is 1. The lowest BCUT2D eigenvalue weighted by molar-refractivity contribution is -0.286. The number of carbonyl (C=O) groups excluding carboxylic acids is 1. The van der Waals surface area contributed by atoms with Gasteiger partial charge in [0.2, 0.25) is 0 Å². The zero-order valence-corrected chi connectivity index (χ0v) is 18.4. The molecule has 0 radical (unpaired) electrons. The van der Waals surface area contributed by atoms with E-state index < -0.39 is 42.1 Å². The van der Waals surface area contributed by atoms with Crippen LogP contribution in [-0.2, 0) is 16.0 Å². The Morgan fingerprint density at radius 2 is 1.79 bits per heavy atom. The van der Waals surface area contributed by atoms with Crippen LogP contribution in [0.5, 0.6) is 11.5 Å². The molecule has 1 aliphatic rings. The van der Waals surface area contributed by atoms with Crippen molar-refractivity contribution in [2.24, 2.45) is 17.6 Å². The van der Waals surface area contributed by atoms with E-state index in [2.05, 4.69) is 9.47 Å². The minimum atomic E-state index is -3.80. The molecule has 10 heteroatoms. The molecule has 0 bridgehead atoms. The molecule has 0 aromatic heterocycles. The summed E-state index contributed by atoms with van der Waals surface area (Å²) in [4.78, 5) is 24.8. The zero-order chi connectivity index (χ0) is 24.5. The first-order valence-electron chi connectivity index (χ1n) is 10.4. The first-order valence-corrected chi connectivity index (χ1v) is 10.4. The molecule has 4 atom stereocenters. The molecule has 178 valence electrons. The summed E-state index contributed by atoms with van der Waals surface area (Å²) in [7, 11) is 0. The maximum Gasteiger partial charge on any atom is 0.586 e. The van der Waals surface area contributed by atoms with Gasteiger partial charge in [0.15, 0.2) is 11.5 Å². The number of ether oxygens (including phenoxy) is 2. The van der Waals surface area contributed by atoms with Gasteiger partial charge in [-0.3, -0.25) is 14.8 Å². The molecule has 2 aromatic rings. The van der Waals surface area contributed by atoms with Crippen LogP contribution in [0, 0.1) is 18.8 Å². The summed E-state index contributed by atoms with van der Waals surface area (Å²) in [5.74, 6) is -4.45. The summed E-state index contributed by atoms with van der Waals surface area (Å²) in [6.45, 7) is 5.06. The molecule has 1 heterocycles. The van der Waals surface area contributed by atoms with Gasteiger partial charge >= 0.3 is 12.3 Å². The topological polar surface area (TPSA) is 122 Å². The lowest BCUT2D eigenvalue weighted by atomic mass is 9.82. The van der Waals surface area contributed by atoms with E-state index in [1.165, 1.54) is 25.1 Å². The van der Waals surface area contributed by atoms with Gasteiger partial charge < -0.3 is 20.3 Å². The van der Waals surface area contributed by atoms with Crippen LogP contribution in [-0.4, -0.2) is 39.6 Å². The fourth-order valence-corrected chi connectivity index (χ4v) is 3.95. The van der Waals surface area contributed by atoms with E-state index in [1.807, 2.05) is 31.2 Å². The molecule has 0 spiro atoms. The molecule has 1 amide bonds. The summed E-state index contributed by atoms with van der Waals surface area (Å²) in [6.07, 6.45) is -3.44. The number of halogens is 2. The standard InChI is InChI=1S/C23H26F2N2O6/c1-12-5-4-6-15(9-12)10-13(2)19(20(26)22(29)30)21(28)27(31)14(3)16-7-8-17-18(11-16)33-23(24,25)32-17/h4-9,11,13-14,19-20,31H,10,26H2,1-3H3,(H,29,30)/t13?,14?,19-,20?/m1/s1. The van der Waals surface area contributed by atoms with E-state index in [9.17, 15) is 28.7 Å². The van der Waals surface area contributed by atoms with Crippen LogP contribution in [0.4, 0.5) is 8.78 Å². The largest absolute Gasteiger partial charge is 0.586 e. The van der Waals surface area contributed by atoms with Crippen molar-refractivity contribution in [3.05, 3.63) is 59.2 Å². The molecule has 8 nitrogen and oxygen atoms in total. The molecule has 4 N–H and O–H groups in total.